The van der Waals surface area contributed by atoms with Crippen LogP contribution in [-0.4, -0.2) is 4.98 Å². The predicted octanol–water partition coefficient (Wildman–Crippen LogP) is 1.62. The van der Waals surface area contributed by atoms with Gasteiger partial charge in [-0.2, -0.15) is 0 Å². The van der Waals surface area contributed by atoms with Crippen LogP contribution in [0.3, 0.4) is 0 Å². The Labute approximate surface area is 71.6 Å². The molecule has 0 aliphatic carbocycles. The molecule has 0 amide bonds. The van der Waals surface area contributed by atoms with Gasteiger partial charge < -0.3 is 5.32 Å². The molecule has 1 aliphatic heterocycles. The first-order valence-corrected chi connectivity index (χ1v) is 3.75. The third-order valence-corrected chi connectivity index (χ3v) is 1.62. The molecule has 1 aromatic rings. The van der Waals surface area contributed by atoms with Gasteiger partial charge in [-0.05, 0) is 23.4 Å². The maximum absolute atomic E-state index is 4.03. The molecule has 0 unspecified atom stereocenters. The summed E-state index contributed by atoms with van der Waals surface area (Å²) in [5.41, 5.74) is 2.11. The third-order valence-electron chi connectivity index (χ3n) is 1.62. The van der Waals surface area contributed by atoms with E-state index < -0.39 is 0 Å². The minimum Gasteiger partial charge on any atom is -0.368 e. The first kappa shape index (κ1) is 7.10. The lowest BCUT2D eigenvalue weighted by Crippen LogP contribution is -2.00. The zero-order valence-corrected chi connectivity index (χ0v) is 6.49. The van der Waals surface area contributed by atoms with Crippen LogP contribution >= 0.6 is 0 Å². The largest absolute Gasteiger partial charge is 0.368 e. The highest BCUT2D eigenvalue weighted by Gasteiger charge is 2.01. The van der Waals surface area contributed by atoms with Crippen molar-refractivity contribution >= 4 is 5.57 Å². The fourth-order valence-corrected chi connectivity index (χ4v) is 1.04. The number of hydrogen-bond donors (Lipinski definition) is 1. The van der Waals surface area contributed by atoms with Gasteiger partial charge in [0.15, 0.2) is 0 Å². The molecule has 0 bridgehead atoms. The molecule has 58 valence electrons. The van der Waals surface area contributed by atoms with E-state index in [1.807, 2.05) is 36.8 Å². The van der Waals surface area contributed by atoms with Crippen molar-refractivity contribution in [1.82, 2.24) is 10.3 Å². The van der Waals surface area contributed by atoms with Crippen LogP contribution < -0.4 is 5.32 Å². The van der Waals surface area contributed by atoms with Crippen molar-refractivity contribution in [3.8, 4) is 0 Å². The lowest BCUT2D eigenvalue weighted by Gasteiger charge is -2.07. The Hall–Kier alpha value is -1.57. The molecule has 0 saturated carbocycles. The Kier molecular flexibility index (Phi) is 1.90. The minimum atomic E-state index is 1.03. The van der Waals surface area contributed by atoms with Gasteiger partial charge in [-0.15, -0.1) is 0 Å². The molecule has 2 rings (SSSR count). The van der Waals surface area contributed by atoms with Crippen molar-refractivity contribution in [2.75, 3.05) is 0 Å². The van der Waals surface area contributed by atoms with Crippen molar-refractivity contribution in [3.05, 3.63) is 55.0 Å². The molecular weight excluding hydrogens is 148 g/mol. The summed E-state index contributed by atoms with van der Waals surface area (Å²) >= 11 is 0. The zero-order chi connectivity index (χ0) is 8.23. The van der Waals surface area contributed by atoms with E-state index in [0.29, 0.717) is 0 Å². The minimum absolute atomic E-state index is 1.03. The Morgan fingerprint density at radius 1 is 1.42 bits per heavy atom. The summed E-state index contributed by atoms with van der Waals surface area (Å²) in [6.07, 6.45) is 12.3. The molecule has 0 fully saturated rings. The molecule has 12 heavy (non-hydrogen) atoms. The second kappa shape index (κ2) is 3.22. The van der Waals surface area contributed by atoms with Gasteiger partial charge in [0.25, 0.3) is 0 Å². The van der Waals surface area contributed by atoms with Crippen molar-refractivity contribution in [1.29, 1.82) is 0 Å². The molecule has 0 aromatic carbocycles. The van der Waals surface area contributed by atoms with Gasteiger partial charge in [0, 0.05) is 25.0 Å². The van der Waals surface area contributed by atoms with E-state index in [1.165, 1.54) is 0 Å². The van der Waals surface area contributed by atoms with Crippen LogP contribution in [0, 0.1) is 6.42 Å². The molecule has 2 nitrogen and oxygen atoms in total. The smallest absolute Gasteiger partial charge is 0.0460 e. The van der Waals surface area contributed by atoms with Crippen LogP contribution in [0.1, 0.15) is 5.56 Å². The molecule has 0 saturated heterocycles. The van der Waals surface area contributed by atoms with E-state index in [-0.39, 0.29) is 0 Å². The highest BCUT2D eigenvalue weighted by Crippen LogP contribution is 2.17. The third kappa shape index (κ3) is 1.37. The van der Waals surface area contributed by atoms with E-state index in [9.17, 15) is 0 Å². The highest BCUT2D eigenvalue weighted by molar-refractivity contribution is 5.73. The molecule has 0 atom stereocenters. The van der Waals surface area contributed by atoms with E-state index in [0.717, 1.165) is 11.1 Å². The highest BCUT2D eigenvalue weighted by atomic mass is 14.8. The van der Waals surface area contributed by atoms with Crippen LogP contribution in [0.15, 0.2) is 43.0 Å². The number of dihydropyridines is 1. The Morgan fingerprint density at radius 3 is 3.08 bits per heavy atom. The number of rotatable bonds is 1. The fraction of sp³-hybridized carbons (Fsp3) is 0. The summed E-state index contributed by atoms with van der Waals surface area (Å²) in [7, 11) is 0. The summed E-state index contributed by atoms with van der Waals surface area (Å²) in [5, 5.41) is 3.00. The molecule has 1 aromatic heterocycles. The topological polar surface area (TPSA) is 24.9 Å². The van der Waals surface area contributed by atoms with Gasteiger partial charge in [-0.25, -0.2) is 0 Å². The van der Waals surface area contributed by atoms with Crippen LogP contribution in [0.4, 0.5) is 0 Å². The molecule has 0 spiro atoms. The first-order valence-electron chi connectivity index (χ1n) is 3.75. The number of pyridine rings is 1. The summed E-state index contributed by atoms with van der Waals surface area (Å²) < 4.78 is 0. The maximum Gasteiger partial charge on any atom is 0.0460 e. The van der Waals surface area contributed by atoms with Crippen LogP contribution in [0.25, 0.3) is 5.57 Å². The lowest BCUT2D eigenvalue weighted by molar-refractivity contribution is 1.17. The zero-order valence-electron chi connectivity index (χ0n) is 6.49. The fourth-order valence-electron chi connectivity index (χ4n) is 1.04. The summed E-state index contributed by atoms with van der Waals surface area (Å²) in [6, 6.07) is 3.92. The van der Waals surface area contributed by atoms with Crippen LogP contribution in [0.2, 0.25) is 0 Å². The van der Waals surface area contributed by atoms with E-state index in [1.54, 1.807) is 6.20 Å². The first-order chi connectivity index (χ1) is 5.97. The van der Waals surface area contributed by atoms with Gasteiger partial charge in [0.05, 0.1) is 0 Å². The van der Waals surface area contributed by atoms with Gasteiger partial charge in [0.1, 0.15) is 0 Å². The van der Waals surface area contributed by atoms with Gasteiger partial charge in [0.2, 0.25) is 0 Å². The molecule has 2 heterocycles. The van der Waals surface area contributed by atoms with Crippen molar-refractivity contribution in [3.63, 3.8) is 0 Å². The average molecular weight is 156 g/mol. The van der Waals surface area contributed by atoms with Crippen LogP contribution in [0.5, 0.6) is 0 Å². The summed E-state index contributed by atoms with van der Waals surface area (Å²) in [5.74, 6) is 0. The standard InChI is InChI=1S/C10H8N2/c1-3-9(7-11-5-1)10-4-2-6-12-8-10/h1-3,5-8,12H. The van der Waals surface area contributed by atoms with Crippen molar-refractivity contribution < 1.29 is 0 Å². The van der Waals surface area contributed by atoms with E-state index >= 15 is 0 Å². The molecule has 1 N–H and O–H groups in total. The molecule has 2 heteroatoms. The van der Waals surface area contributed by atoms with Crippen LogP contribution in [-0.2, 0) is 0 Å². The lowest BCUT2D eigenvalue weighted by atomic mass is 10.1. The van der Waals surface area contributed by atoms with Gasteiger partial charge in [-0.1, -0.05) is 12.1 Å². The van der Waals surface area contributed by atoms with Gasteiger partial charge in [-0.3, -0.25) is 4.98 Å². The summed E-state index contributed by atoms with van der Waals surface area (Å²) in [4.78, 5) is 4.03. The quantitative estimate of drug-likeness (QED) is 0.668. The second-order valence-electron chi connectivity index (χ2n) is 2.44. The number of nitrogens with one attached hydrogen (secondary N) is 1. The summed E-state index contributed by atoms with van der Waals surface area (Å²) in [6.45, 7) is 0. The average Bonchev–Trinajstić information content (AvgIpc) is 2.21. The van der Waals surface area contributed by atoms with Crippen molar-refractivity contribution in [2.45, 2.75) is 0 Å². The predicted molar refractivity (Wildman–Crippen MR) is 47.7 cm³/mol. The maximum atomic E-state index is 4.03. The monoisotopic (exact) mass is 156 g/mol. The second-order valence-corrected chi connectivity index (χ2v) is 2.44. The van der Waals surface area contributed by atoms with Crippen molar-refractivity contribution in [2.24, 2.45) is 0 Å². The van der Waals surface area contributed by atoms with E-state index in [2.05, 4.69) is 16.7 Å². The number of nitrogens with zero attached hydrogens (tertiary/aromatic N) is 1. The number of hydrogen-bond acceptors (Lipinski definition) is 2. The van der Waals surface area contributed by atoms with Gasteiger partial charge >= 0.3 is 0 Å². The number of allylic oxidation sites excluding steroid dienone is 2. The molecule has 1 aliphatic rings. The SMILES string of the molecule is [C]1C=CNC=C1c1cccnc1. The number of aromatic nitrogens is 1. The molecule has 2 radical (unpaired) electrons. The van der Waals surface area contributed by atoms with E-state index in [4.69, 9.17) is 0 Å². The Morgan fingerprint density at radius 2 is 2.42 bits per heavy atom. The normalized spacial score (nSPS) is 15.2. The molecular formula is C10H8N2. The Balaban J connectivity index is 2.26. The Bertz CT molecular complexity index is 312.